The molecule has 0 fully saturated rings. The van der Waals surface area contributed by atoms with E-state index in [1.54, 1.807) is 18.2 Å². The van der Waals surface area contributed by atoms with Crippen LogP contribution in [-0.2, 0) is 0 Å². The van der Waals surface area contributed by atoms with Gasteiger partial charge in [0, 0.05) is 16.9 Å². The molecule has 1 amide bonds. The highest BCUT2D eigenvalue weighted by Crippen LogP contribution is 2.21. The van der Waals surface area contributed by atoms with Crippen molar-refractivity contribution in [3.63, 3.8) is 0 Å². The average molecular weight is 262 g/mol. The number of rotatable bonds is 2. The van der Waals surface area contributed by atoms with Gasteiger partial charge in [0.05, 0.1) is 0 Å². The Bertz CT molecular complexity index is 610. The largest absolute Gasteiger partial charge is 0.350 e. The molecule has 0 aliphatic heterocycles. The second-order valence-corrected chi connectivity index (χ2v) is 5.95. The van der Waals surface area contributed by atoms with Gasteiger partial charge in [0.15, 0.2) is 0 Å². The summed E-state index contributed by atoms with van der Waals surface area (Å²) < 4.78 is 13.6. The minimum atomic E-state index is -0.323. The lowest BCUT2D eigenvalue weighted by molar-refractivity contribution is 0.0906. The van der Waals surface area contributed by atoms with Crippen molar-refractivity contribution in [2.45, 2.75) is 33.7 Å². The molecule has 0 radical (unpaired) electrons. The molecule has 1 atom stereocenters. The van der Waals surface area contributed by atoms with Crippen LogP contribution in [0.2, 0.25) is 0 Å². The Morgan fingerprint density at radius 1 is 1.37 bits per heavy atom. The van der Waals surface area contributed by atoms with Gasteiger partial charge in [0.2, 0.25) is 0 Å². The summed E-state index contributed by atoms with van der Waals surface area (Å²) in [7, 11) is 0. The summed E-state index contributed by atoms with van der Waals surface area (Å²) in [5, 5.41) is 3.36. The summed E-state index contributed by atoms with van der Waals surface area (Å²) >= 11 is 0. The van der Waals surface area contributed by atoms with Gasteiger partial charge >= 0.3 is 0 Å². The second kappa shape index (κ2) is 4.68. The number of aromatic nitrogens is 1. The van der Waals surface area contributed by atoms with Crippen molar-refractivity contribution in [3.8, 4) is 0 Å². The summed E-state index contributed by atoms with van der Waals surface area (Å²) in [5.41, 5.74) is 0.997. The molecule has 0 aliphatic carbocycles. The molecule has 4 heteroatoms. The summed E-state index contributed by atoms with van der Waals surface area (Å²) in [5.74, 6) is -0.533. The summed E-state index contributed by atoms with van der Waals surface area (Å²) in [6, 6.07) is 6.33. The molecule has 1 unspecified atom stereocenters. The fourth-order valence-electron chi connectivity index (χ4n) is 1.73. The van der Waals surface area contributed by atoms with Gasteiger partial charge in [0.25, 0.3) is 5.91 Å². The van der Waals surface area contributed by atoms with Crippen LogP contribution in [0.5, 0.6) is 0 Å². The number of carbonyl (C=O) groups excluding carboxylic acids is 1. The number of aromatic amines is 1. The van der Waals surface area contributed by atoms with E-state index in [-0.39, 0.29) is 23.2 Å². The lowest BCUT2D eigenvalue weighted by Gasteiger charge is -2.27. The van der Waals surface area contributed by atoms with E-state index in [1.165, 1.54) is 6.07 Å². The average Bonchev–Trinajstić information content (AvgIpc) is 2.73. The van der Waals surface area contributed by atoms with Crippen LogP contribution >= 0.6 is 0 Å². The zero-order valence-corrected chi connectivity index (χ0v) is 11.7. The Hall–Kier alpha value is -1.84. The standard InChI is InChI=1S/C15H19FN2O/c1-9(15(2,3)4)17-14(19)13-8-10-11(16)6-5-7-12(10)18-13/h5-9,18H,1-4H3,(H,17,19). The Kier molecular flexibility index (Phi) is 3.35. The molecule has 2 aromatic rings. The molecule has 0 bridgehead atoms. The van der Waals surface area contributed by atoms with Crippen LogP contribution < -0.4 is 5.32 Å². The normalized spacial score (nSPS) is 13.5. The number of benzene rings is 1. The molecule has 0 saturated heterocycles. The third kappa shape index (κ3) is 2.78. The van der Waals surface area contributed by atoms with E-state index < -0.39 is 0 Å². The van der Waals surface area contributed by atoms with Crippen LogP contribution in [0.3, 0.4) is 0 Å². The van der Waals surface area contributed by atoms with Gasteiger partial charge in [0.1, 0.15) is 11.5 Å². The third-order valence-electron chi connectivity index (χ3n) is 3.50. The van der Waals surface area contributed by atoms with E-state index in [9.17, 15) is 9.18 Å². The minimum Gasteiger partial charge on any atom is -0.350 e. The van der Waals surface area contributed by atoms with Crippen molar-refractivity contribution >= 4 is 16.8 Å². The van der Waals surface area contributed by atoms with Crippen molar-refractivity contribution in [1.82, 2.24) is 10.3 Å². The molecule has 102 valence electrons. The molecule has 1 heterocycles. The Balaban J connectivity index is 2.25. The first-order valence-electron chi connectivity index (χ1n) is 6.37. The van der Waals surface area contributed by atoms with Gasteiger partial charge in [-0.1, -0.05) is 26.8 Å². The van der Waals surface area contributed by atoms with Gasteiger partial charge in [-0.05, 0) is 30.5 Å². The van der Waals surface area contributed by atoms with E-state index >= 15 is 0 Å². The molecule has 3 nitrogen and oxygen atoms in total. The van der Waals surface area contributed by atoms with Crippen LogP contribution in [-0.4, -0.2) is 16.9 Å². The van der Waals surface area contributed by atoms with Crippen molar-refractivity contribution in [1.29, 1.82) is 0 Å². The van der Waals surface area contributed by atoms with Crippen LogP contribution in [0.15, 0.2) is 24.3 Å². The van der Waals surface area contributed by atoms with E-state index in [0.717, 1.165) is 0 Å². The first kappa shape index (κ1) is 13.6. The SMILES string of the molecule is CC(NC(=O)c1cc2c(F)cccc2[nH]1)C(C)(C)C. The number of hydrogen-bond acceptors (Lipinski definition) is 1. The van der Waals surface area contributed by atoms with Gasteiger partial charge < -0.3 is 10.3 Å². The molecule has 1 aromatic carbocycles. The van der Waals surface area contributed by atoms with Crippen LogP contribution in [0.25, 0.3) is 10.9 Å². The second-order valence-electron chi connectivity index (χ2n) is 5.95. The van der Waals surface area contributed by atoms with Gasteiger partial charge in [-0.3, -0.25) is 4.79 Å². The molecule has 2 rings (SSSR count). The highest BCUT2D eigenvalue weighted by molar-refractivity contribution is 5.98. The highest BCUT2D eigenvalue weighted by Gasteiger charge is 2.23. The maximum absolute atomic E-state index is 13.6. The van der Waals surface area contributed by atoms with Crippen molar-refractivity contribution < 1.29 is 9.18 Å². The van der Waals surface area contributed by atoms with Crippen LogP contribution in [0.4, 0.5) is 4.39 Å². The first-order chi connectivity index (χ1) is 8.79. The molecular formula is C15H19FN2O. The molecule has 2 N–H and O–H groups in total. The lowest BCUT2D eigenvalue weighted by Crippen LogP contribution is -2.41. The number of nitrogens with one attached hydrogen (secondary N) is 2. The summed E-state index contributed by atoms with van der Waals surface area (Å²) in [6.07, 6.45) is 0. The Morgan fingerprint density at radius 3 is 2.63 bits per heavy atom. The topological polar surface area (TPSA) is 44.9 Å². The molecule has 0 spiro atoms. The monoisotopic (exact) mass is 262 g/mol. The minimum absolute atomic E-state index is 0.0209. The van der Waals surface area contributed by atoms with E-state index in [1.807, 2.05) is 6.92 Å². The number of hydrogen-bond donors (Lipinski definition) is 2. The Morgan fingerprint density at radius 2 is 2.05 bits per heavy atom. The van der Waals surface area contributed by atoms with Crippen molar-refractivity contribution in [2.24, 2.45) is 5.41 Å². The smallest absolute Gasteiger partial charge is 0.267 e. The van der Waals surface area contributed by atoms with E-state index in [0.29, 0.717) is 16.6 Å². The lowest BCUT2D eigenvalue weighted by atomic mass is 9.88. The number of amides is 1. The first-order valence-corrected chi connectivity index (χ1v) is 6.37. The van der Waals surface area contributed by atoms with Crippen LogP contribution in [0.1, 0.15) is 38.2 Å². The zero-order valence-electron chi connectivity index (χ0n) is 11.7. The quantitative estimate of drug-likeness (QED) is 0.855. The third-order valence-corrected chi connectivity index (χ3v) is 3.50. The van der Waals surface area contributed by atoms with Gasteiger partial charge in [-0.15, -0.1) is 0 Å². The molecular weight excluding hydrogens is 243 g/mol. The highest BCUT2D eigenvalue weighted by atomic mass is 19.1. The number of H-pyrrole nitrogens is 1. The predicted octanol–water partition coefficient (Wildman–Crippen LogP) is 3.47. The van der Waals surface area contributed by atoms with E-state index in [4.69, 9.17) is 0 Å². The maximum atomic E-state index is 13.6. The fourth-order valence-corrected chi connectivity index (χ4v) is 1.73. The number of fused-ring (bicyclic) bond motifs is 1. The van der Waals surface area contributed by atoms with Gasteiger partial charge in [-0.2, -0.15) is 0 Å². The molecule has 0 aliphatic rings. The number of carbonyl (C=O) groups is 1. The predicted molar refractivity (Wildman–Crippen MR) is 74.6 cm³/mol. The van der Waals surface area contributed by atoms with Gasteiger partial charge in [-0.25, -0.2) is 4.39 Å². The van der Waals surface area contributed by atoms with E-state index in [2.05, 4.69) is 31.1 Å². The maximum Gasteiger partial charge on any atom is 0.267 e. The van der Waals surface area contributed by atoms with Crippen molar-refractivity contribution in [2.75, 3.05) is 0 Å². The van der Waals surface area contributed by atoms with Crippen LogP contribution in [0, 0.1) is 11.2 Å². The fraction of sp³-hybridized carbons (Fsp3) is 0.400. The number of halogens is 1. The zero-order chi connectivity index (χ0) is 14.2. The molecule has 19 heavy (non-hydrogen) atoms. The Labute approximate surface area is 112 Å². The summed E-state index contributed by atoms with van der Waals surface area (Å²) in [6.45, 7) is 8.13. The molecule has 0 saturated carbocycles. The summed E-state index contributed by atoms with van der Waals surface area (Å²) in [4.78, 5) is 15.1. The molecule has 1 aromatic heterocycles. The van der Waals surface area contributed by atoms with Crippen molar-refractivity contribution in [3.05, 3.63) is 35.8 Å².